The van der Waals surface area contributed by atoms with Crippen LogP contribution in [0.1, 0.15) is 36.8 Å². The molecule has 1 atom stereocenters. The monoisotopic (exact) mass is 358 g/mol. The van der Waals surface area contributed by atoms with Crippen molar-refractivity contribution >= 4 is 15.7 Å². The van der Waals surface area contributed by atoms with Crippen LogP contribution in [-0.4, -0.2) is 33.0 Å². The van der Waals surface area contributed by atoms with E-state index in [-0.39, 0.29) is 4.90 Å². The molecule has 1 N–H and O–H groups in total. The Hall–Kier alpha value is -1.85. The quantitative estimate of drug-likeness (QED) is 0.849. The van der Waals surface area contributed by atoms with E-state index in [0.29, 0.717) is 11.6 Å². The summed E-state index contributed by atoms with van der Waals surface area (Å²) in [6.07, 6.45) is 2.36. The van der Waals surface area contributed by atoms with Gasteiger partial charge in [0.15, 0.2) is 0 Å². The van der Waals surface area contributed by atoms with Gasteiger partial charge in [0.2, 0.25) is 0 Å². The fourth-order valence-corrected chi connectivity index (χ4v) is 4.44. The minimum Gasteiger partial charge on any atom is -0.303 e. The molecule has 5 heteroatoms. The van der Waals surface area contributed by atoms with Crippen molar-refractivity contribution in [3.05, 3.63) is 59.7 Å². The Morgan fingerprint density at radius 2 is 1.76 bits per heavy atom. The summed E-state index contributed by atoms with van der Waals surface area (Å²) in [7, 11) is -3.54. The molecule has 0 aromatic heterocycles. The predicted octanol–water partition coefficient (Wildman–Crippen LogP) is 4.00. The molecule has 1 fully saturated rings. The van der Waals surface area contributed by atoms with Crippen LogP contribution >= 0.6 is 0 Å². The second-order valence-corrected chi connectivity index (χ2v) is 8.51. The van der Waals surface area contributed by atoms with Crippen molar-refractivity contribution in [1.82, 2.24) is 4.90 Å². The summed E-state index contributed by atoms with van der Waals surface area (Å²) in [5.74, 6) is 0.550. The zero-order valence-corrected chi connectivity index (χ0v) is 15.7. The Morgan fingerprint density at radius 1 is 1.08 bits per heavy atom. The SMILES string of the molecule is CCCN1CC[C@@H](c2ccc(NS(=O)(=O)c3ccc(C)cc3)cc2)C1. The highest BCUT2D eigenvalue weighted by atomic mass is 32.2. The van der Waals surface area contributed by atoms with Gasteiger partial charge >= 0.3 is 0 Å². The first-order valence-corrected chi connectivity index (χ1v) is 10.4. The zero-order chi connectivity index (χ0) is 17.9. The van der Waals surface area contributed by atoms with Crippen molar-refractivity contribution < 1.29 is 8.42 Å². The summed E-state index contributed by atoms with van der Waals surface area (Å²) in [6.45, 7) is 7.56. The third-order valence-electron chi connectivity index (χ3n) is 4.78. The lowest BCUT2D eigenvalue weighted by molar-refractivity contribution is 0.335. The van der Waals surface area contributed by atoms with E-state index in [1.165, 1.54) is 18.4 Å². The summed E-state index contributed by atoms with van der Waals surface area (Å²) in [6, 6.07) is 14.7. The Labute approximate surface area is 150 Å². The predicted molar refractivity (Wildman–Crippen MR) is 103 cm³/mol. The number of aryl methyl sites for hydroxylation is 1. The van der Waals surface area contributed by atoms with Crippen LogP contribution in [0, 0.1) is 6.92 Å². The topological polar surface area (TPSA) is 49.4 Å². The van der Waals surface area contributed by atoms with E-state index in [1.54, 1.807) is 24.3 Å². The van der Waals surface area contributed by atoms with Crippen molar-refractivity contribution in [1.29, 1.82) is 0 Å². The molecule has 0 radical (unpaired) electrons. The maximum Gasteiger partial charge on any atom is 0.261 e. The molecule has 2 aromatic rings. The molecular formula is C20H26N2O2S. The van der Waals surface area contributed by atoms with Crippen molar-refractivity contribution in [2.75, 3.05) is 24.4 Å². The Bertz CT molecular complexity index is 799. The number of hydrogen-bond acceptors (Lipinski definition) is 3. The lowest BCUT2D eigenvalue weighted by atomic mass is 9.98. The first-order chi connectivity index (χ1) is 12.0. The molecule has 1 aliphatic heterocycles. The number of sulfonamides is 1. The van der Waals surface area contributed by atoms with E-state index >= 15 is 0 Å². The number of rotatable bonds is 6. The fraction of sp³-hybridized carbons (Fsp3) is 0.400. The number of hydrogen-bond donors (Lipinski definition) is 1. The standard InChI is InChI=1S/C20H26N2O2S/c1-3-13-22-14-12-18(15-22)17-6-8-19(9-7-17)21-25(23,24)20-10-4-16(2)5-11-20/h4-11,18,21H,3,12-15H2,1-2H3/t18-/m1/s1. The molecule has 0 unspecified atom stereocenters. The highest BCUT2D eigenvalue weighted by Gasteiger charge is 2.23. The largest absolute Gasteiger partial charge is 0.303 e. The number of anilines is 1. The lowest BCUT2D eigenvalue weighted by Crippen LogP contribution is -2.20. The number of nitrogens with zero attached hydrogens (tertiary/aromatic N) is 1. The van der Waals surface area contributed by atoms with Gasteiger partial charge < -0.3 is 4.90 Å². The summed E-state index contributed by atoms with van der Waals surface area (Å²) in [5.41, 5.74) is 2.93. The van der Waals surface area contributed by atoms with Crippen molar-refractivity contribution in [2.24, 2.45) is 0 Å². The van der Waals surface area contributed by atoms with E-state index in [2.05, 4.69) is 16.5 Å². The fourth-order valence-electron chi connectivity index (χ4n) is 3.38. The molecule has 0 saturated carbocycles. The van der Waals surface area contributed by atoms with Gasteiger partial charge in [-0.1, -0.05) is 36.8 Å². The third-order valence-corrected chi connectivity index (χ3v) is 6.17. The minimum atomic E-state index is -3.54. The van der Waals surface area contributed by atoms with Gasteiger partial charge in [0, 0.05) is 12.2 Å². The molecule has 2 aromatic carbocycles. The van der Waals surface area contributed by atoms with Crippen LogP contribution in [0.5, 0.6) is 0 Å². The highest BCUT2D eigenvalue weighted by Crippen LogP contribution is 2.28. The zero-order valence-electron chi connectivity index (χ0n) is 14.9. The summed E-state index contributed by atoms with van der Waals surface area (Å²) < 4.78 is 27.6. The molecule has 0 aliphatic carbocycles. The third kappa shape index (κ3) is 4.41. The Kier molecular flexibility index (Phi) is 5.45. The van der Waals surface area contributed by atoms with Crippen LogP contribution in [0.3, 0.4) is 0 Å². The average Bonchev–Trinajstić information content (AvgIpc) is 3.05. The first kappa shape index (κ1) is 18.0. The molecule has 0 amide bonds. The maximum atomic E-state index is 12.5. The van der Waals surface area contributed by atoms with Gasteiger partial charge in [-0.2, -0.15) is 0 Å². The normalized spacial score (nSPS) is 18.4. The number of likely N-dealkylation sites (tertiary alicyclic amines) is 1. The van der Waals surface area contributed by atoms with Crippen LogP contribution < -0.4 is 4.72 Å². The molecule has 1 saturated heterocycles. The van der Waals surface area contributed by atoms with E-state index in [1.807, 2.05) is 31.2 Å². The molecule has 0 bridgehead atoms. The van der Waals surface area contributed by atoms with Crippen LogP contribution in [0.25, 0.3) is 0 Å². The van der Waals surface area contributed by atoms with Gasteiger partial charge in [0.1, 0.15) is 0 Å². The average molecular weight is 359 g/mol. The molecule has 3 rings (SSSR count). The minimum absolute atomic E-state index is 0.285. The van der Waals surface area contributed by atoms with Gasteiger partial charge in [-0.05, 0) is 68.6 Å². The highest BCUT2D eigenvalue weighted by molar-refractivity contribution is 7.92. The van der Waals surface area contributed by atoms with Crippen LogP contribution in [0.15, 0.2) is 53.4 Å². The van der Waals surface area contributed by atoms with Gasteiger partial charge in [0.25, 0.3) is 10.0 Å². The summed E-state index contributed by atoms with van der Waals surface area (Å²) in [5, 5.41) is 0. The molecule has 1 aliphatic rings. The number of nitrogens with one attached hydrogen (secondary N) is 1. The van der Waals surface area contributed by atoms with Gasteiger partial charge in [-0.15, -0.1) is 0 Å². The van der Waals surface area contributed by atoms with Crippen LogP contribution in [-0.2, 0) is 10.0 Å². The van der Waals surface area contributed by atoms with E-state index < -0.39 is 10.0 Å². The molecule has 1 heterocycles. The van der Waals surface area contributed by atoms with Gasteiger partial charge in [0.05, 0.1) is 4.90 Å². The van der Waals surface area contributed by atoms with E-state index in [0.717, 1.165) is 25.2 Å². The van der Waals surface area contributed by atoms with Gasteiger partial charge in [-0.3, -0.25) is 4.72 Å². The summed E-state index contributed by atoms with van der Waals surface area (Å²) in [4.78, 5) is 2.78. The second kappa shape index (κ2) is 7.58. The summed E-state index contributed by atoms with van der Waals surface area (Å²) >= 11 is 0. The molecule has 0 spiro atoms. The van der Waals surface area contributed by atoms with Crippen molar-refractivity contribution in [3.8, 4) is 0 Å². The van der Waals surface area contributed by atoms with E-state index in [4.69, 9.17) is 0 Å². The van der Waals surface area contributed by atoms with Gasteiger partial charge in [-0.25, -0.2) is 8.42 Å². The second-order valence-electron chi connectivity index (χ2n) is 6.83. The van der Waals surface area contributed by atoms with Crippen molar-refractivity contribution in [2.45, 2.75) is 37.5 Å². The molecule has 4 nitrogen and oxygen atoms in total. The first-order valence-electron chi connectivity index (χ1n) is 8.90. The van der Waals surface area contributed by atoms with Crippen LogP contribution in [0.2, 0.25) is 0 Å². The van der Waals surface area contributed by atoms with Crippen molar-refractivity contribution in [3.63, 3.8) is 0 Å². The molecule has 25 heavy (non-hydrogen) atoms. The Balaban J connectivity index is 1.67. The smallest absolute Gasteiger partial charge is 0.261 e. The molecule has 134 valence electrons. The Morgan fingerprint density at radius 3 is 2.40 bits per heavy atom. The number of benzene rings is 2. The van der Waals surface area contributed by atoms with E-state index in [9.17, 15) is 8.42 Å². The lowest BCUT2D eigenvalue weighted by Gasteiger charge is -2.15. The molecular weight excluding hydrogens is 332 g/mol. The van der Waals surface area contributed by atoms with Crippen LogP contribution in [0.4, 0.5) is 5.69 Å². The maximum absolute atomic E-state index is 12.5.